The Hall–Kier alpha value is -1.26. The third kappa shape index (κ3) is 6.63. The van der Waals surface area contributed by atoms with Gasteiger partial charge in [0.05, 0.1) is 0 Å². The second-order valence-electron chi connectivity index (χ2n) is 1.89. The van der Waals surface area contributed by atoms with Crippen molar-refractivity contribution in [3.63, 3.8) is 0 Å². The number of carbonyl (C=O) groups excluding carboxylic acids is 1. The number of ether oxygens (including phenoxy) is 1. The summed E-state index contributed by atoms with van der Waals surface area (Å²) < 4.78 is 4.46. The molecule has 0 fully saturated rings. The normalized spacial score (nSPS) is 8.82. The number of nitrogens with one attached hydrogen (secondary N) is 1. The van der Waals surface area contributed by atoms with Crippen molar-refractivity contribution in [2.24, 2.45) is 0 Å². The van der Waals surface area contributed by atoms with Crippen LogP contribution in [0.1, 0.15) is 19.8 Å². The Kier molecular flexibility index (Phi) is 4.89. The Bertz CT molecular complexity index is 146. The van der Waals surface area contributed by atoms with Gasteiger partial charge in [0, 0.05) is 6.42 Å². The van der Waals surface area contributed by atoms with E-state index in [0.717, 1.165) is 0 Å². The summed E-state index contributed by atoms with van der Waals surface area (Å²) in [4.78, 5) is 20.4. The van der Waals surface area contributed by atoms with Crippen LogP contribution in [0.4, 0.5) is 4.79 Å². The van der Waals surface area contributed by atoms with E-state index in [-0.39, 0.29) is 12.7 Å². The molecule has 0 unspecified atom stereocenters. The van der Waals surface area contributed by atoms with Gasteiger partial charge >= 0.3 is 12.1 Å². The van der Waals surface area contributed by atoms with Crippen LogP contribution in [0.5, 0.6) is 0 Å². The minimum absolute atomic E-state index is 0.270. The summed E-state index contributed by atoms with van der Waals surface area (Å²) in [5.41, 5.74) is 0. The maximum Gasteiger partial charge on any atom is 0.407 e. The van der Waals surface area contributed by atoms with E-state index in [4.69, 9.17) is 5.11 Å². The molecule has 0 heterocycles. The predicted octanol–water partition coefficient (Wildman–Crippen LogP) is 0.555. The summed E-state index contributed by atoms with van der Waals surface area (Å²) in [6, 6.07) is 0. The van der Waals surface area contributed by atoms with Gasteiger partial charge in [0.1, 0.15) is 0 Å². The Morgan fingerprint density at radius 1 is 1.55 bits per heavy atom. The fourth-order valence-corrected chi connectivity index (χ4v) is 0.455. The van der Waals surface area contributed by atoms with Gasteiger partial charge < -0.3 is 9.84 Å². The van der Waals surface area contributed by atoms with E-state index in [0.29, 0.717) is 12.8 Å². The van der Waals surface area contributed by atoms with Crippen LogP contribution >= 0.6 is 0 Å². The highest BCUT2D eigenvalue weighted by Crippen LogP contribution is 1.89. The van der Waals surface area contributed by atoms with Crippen molar-refractivity contribution in [1.29, 1.82) is 0 Å². The van der Waals surface area contributed by atoms with Gasteiger partial charge in [-0.25, -0.2) is 4.79 Å². The third-order valence-electron chi connectivity index (χ3n) is 0.911. The van der Waals surface area contributed by atoms with Crippen LogP contribution in [0.3, 0.4) is 0 Å². The molecule has 0 radical (unpaired) electrons. The number of carbonyl (C=O) groups is 2. The zero-order valence-electron chi connectivity index (χ0n) is 6.29. The summed E-state index contributed by atoms with van der Waals surface area (Å²) in [5, 5.41) is 9.96. The zero-order valence-corrected chi connectivity index (χ0v) is 6.29. The molecule has 0 aliphatic carbocycles. The van der Waals surface area contributed by atoms with E-state index in [2.05, 4.69) is 4.74 Å². The summed E-state index contributed by atoms with van der Waals surface area (Å²) in [6.45, 7) is 1.57. The standard InChI is InChI=1S/C6H11NO4/c1-2-3-5(8)11-4-7-6(9)10/h7H,2-4H2,1H3,(H,9,10). The number of amides is 1. The van der Waals surface area contributed by atoms with Crippen LogP contribution in [0.25, 0.3) is 0 Å². The maximum absolute atomic E-state index is 10.6. The molecule has 5 nitrogen and oxygen atoms in total. The molecule has 0 bridgehead atoms. The highest BCUT2D eigenvalue weighted by atomic mass is 16.5. The molecule has 0 rings (SSSR count). The van der Waals surface area contributed by atoms with Crippen LogP contribution < -0.4 is 5.32 Å². The molecule has 2 N–H and O–H groups in total. The lowest BCUT2D eigenvalue weighted by atomic mass is 10.3. The molecule has 0 aliphatic rings. The van der Waals surface area contributed by atoms with E-state index in [1.54, 1.807) is 0 Å². The SMILES string of the molecule is CCCC(=O)OCNC(=O)O. The Morgan fingerprint density at radius 2 is 2.18 bits per heavy atom. The highest BCUT2D eigenvalue weighted by Gasteiger charge is 2.00. The average Bonchev–Trinajstić information content (AvgIpc) is 1.87. The molecular formula is C6H11NO4. The van der Waals surface area contributed by atoms with Crippen molar-refractivity contribution in [3.8, 4) is 0 Å². The van der Waals surface area contributed by atoms with Gasteiger partial charge in [0.2, 0.25) is 0 Å². The number of esters is 1. The molecule has 0 aromatic carbocycles. The minimum Gasteiger partial charge on any atom is -0.465 e. The second kappa shape index (κ2) is 5.52. The van der Waals surface area contributed by atoms with Crippen LogP contribution in [0.15, 0.2) is 0 Å². The molecule has 1 amide bonds. The largest absolute Gasteiger partial charge is 0.465 e. The van der Waals surface area contributed by atoms with E-state index in [1.165, 1.54) is 0 Å². The van der Waals surface area contributed by atoms with E-state index >= 15 is 0 Å². The van der Waals surface area contributed by atoms with Gasteiger partial charge in [-0.2, -0.15) is 0 Å². The van der Waals surface area contributed by atoms with Crippen molar-refractivity contribution in [2.45, 2.75) is 19.8 Å². The third-order valence-corrected chi connectivity index (χ3v) is 0.911. The lowest BCUT2D eigenvalue weighted by Crippen LogP contribution is -2.25. The Labute approximate surface area is 64.3 Å². The molecule has 64 valence electrons. The Morgan fingerprint density at radius 3 is 2.64 bits per heavy atom. The van der Waals surface area contributed by atoms with Gasteiger partial charge in [-0.3, -0.25) is 10.1 Å². The van der Waals surface area contributed by atoms with Crippen molar-refractivity contribution < 1.29 is 19.4 Å². The smallest absolute Gasteiger partial charge is 0.407 e. The molecule has 0 aromatic rings. The van der Waals surface area contributed by atoms with Crippen molar-refractivity contribution in [1.82, 2.24) is 5.32 Å². The average molecular weight is 161 g/mol. The van der Waals surface area contributed by atoms with Crippen molar-refractivity contribution in [2.75, 3.05) is 6.73 Å². The molecule has 11 heavy (non-hydrogen) atoms. The number of hydrogen-bond acceptors (Lipinski definition) is 3. The molecule has 0 aliphatic heterocycles. The lowest BCUT2D eigenvalue weighted by molar-refractivity contribution is -0.144. The quantitative estimate of drug-likeness (QED) is 0.466. The van der Waals surface area contributed by atoms with Gasteiger partial charge in [-0.05, 0) is 6.42 Å². The fraction of sp³-hybridized carbons (Fsp3) is 0.667. The molecule has 0 saturated carbocycles. The van der Waals surface area contributed by atoms with Crippen molar-refractivity contribution in [3.05, 3.63) is 0 Å². The van der Waals surface area contributed by atoms with Crippen molar-refractivity contribution >= 4 is 12.1 Å². The maximum atomic E-state index is 10.6. The predicted molar refractivity (Wildman–Crippen MR) is 37.0 cm³/mol. The highest BCUT2D eigenvalue weighted by molar-refractivity contribution is 5.70. The van der Waals surface area contributed by atoms with Crippen LogP contribution in [0, 0.1) is 0 Å². The van der Waals surface area contributed by atoms with E-state index in [1.807, 2.05) is 12.2 Å². The first-order valence-electron chi connectivity index (χ1n) is 3.29. The number of rotatable bonds is 4. The summed E-state index contributed by atoms with van der Waals surface area (Å²) in [5.74, 6) is -0.388. The van der Waals surface area contributed by atoms with Crippen LogP contribution in [-0.2, 0) is 9.53 Å². The molecule has 0 saturated heterocycles. The molecular weight excluding hydrogens is 150 g/mol. The lowest BCUT2D eigenvalue weighted by Gasteiger charge is -2.01. The van der Waals surface area contributed by atoms with Gasteiger partial charge in [-0.15, -0.1) is 0 Å². The zero-order chi connectivity index (χ0) is 8.69. The minimum atomic E-state index is -1.20. The molecule has 0 spiro atoms. The molecule has 5 heteroatoms. The van der Waals surface area contributed by atoms with Crippen LogP contribution in [0.2, 0.25) is 0 Å². The Balaban J connectivity index is 3.24. The summed E-state index contributed by atoms with van der Waals surface area (Å²) >= 11 is 0. The second-order valence-corrected chi connectivity index (χ2v) is 1.89. The fourth-order valence-electron chi connectivity index (χ4n) is 0.455. The van der Waals surface area contributed by atoms with Crippen LogP contribution in [-0.4, -0.2) is 23.9 Å². The summed E-state index contributed by atoms with van der Waals surface area (Å²) in [6.07, 6.45) is -0.179. The number of hydrogen-bond donors (Lipinski definition) is 2. The molecule has 0 aromatic heterocycles. The number of carboxylic acid groups (broad SMARTS) is 1. The first-order valence-corrected chi connectivity index (χ1v) is 3.29. The van der Waals surface area contributed by atoms with Gasteiger partial charge in [0.15, 0.2) is 6.73 Å². The van der Waals surface area contributed by atoms with E-state index < -0.39 is 6.09 Å². The topological polar surface area (TPSA) is 75.6 Å². The molecule has 0 atom stereocenters. The first-order chi connectivity index (χ1) is 5.16. The summed E-state index contributed by atoms with van der Waals surface area (Å²) in [7, 11) is 0. The van der Waals surface area contributed by atoms with Gasteiger partial charge in [-0.1, -0.05) is 6.92 Å². The monoisotopic (exact) mass is 161 g/mol. The first kappa shape index (κ1) is 9.74. The van der Waals surface area contributed by atoms with E-state index in [9.17, 15) is 9.59 Å². The van der Waals surface area contributed by atoms with Gasteiger partial charge in [0.25, 0.3) is 0 Å².